The first-order valence-corrected chi connectivity index (χ1v) is 4.50. The number of anilines is 1. The quantitative estimate of drug-likeness (QED) is 0.725. The van der Waals surface area contributed by atoms with Crippen LogP contribution in [0.25, 0.3) is 0 Å². The predicted octanol–water partition coefficient (Wildman–Crippen LogP) is 0.154. The first-order chi connectivity index (χ1) is 8.41. The van der Waals surface area contributed by atoms with Gasteiger partial charge in [0.15, 0.2) is 0 Å². The average molecular weight is 214 g/mol. The average Bonchev–Trinajstić information content (AvgIpc) is 2.68. The maximum Gasteiger partial charge on any atom is 0.257 e. The monoisotopic (exact) mass is 214 g/mol. The van der Waals surface area contributed by atoms with Crippen LogP contribution in [0.1, 0.15) is 11.0 Å². The highest BCUT2D eigenvalue weighted by Crippen LogP contribution is 2.25. The van der Waals surface area contributed by atoms with Crippen molar-refractivity contribution in [3.63, 3.8) is 0 Å². The molecule has 0 bridgehead atoms. The molecule has 6 heteroatoms. The molecule has 1 fully saturated rings. The lowest BCUT2D eigenvalue weighted by Crippen LogP contribution is -2.46. The predicted molar refractivity (Wildman–Crippen MR) is 52.7 cm³/mol. The number of aromatic nitrogens is 2. The summed E-state index contributed by atoms with van der Waals surface area (Å²) in [6.45, 7) is -0.160. The molecule has 82 valence electrons. The van der Waals surface area contributed by atoms with Gasteiger partial charge in [0.05, 0.1) is 18.9 Å². The number of nitrogens with zero attached hydrogens (tertiary/aromatic N) is 2. The van der Waals surface area contributed by atoms with Crippen molar-refractivity contribution < 1.29 is 18.4 Å². The van der Waals surface area contributed by atoms with E-state index in [0.29, 0.717) is 13.0 Å². The van der Waals surface area contributed by atoms with Crippen molar-refractivity contribution in [3.8, 4) is 5.88 Å². The Morgan fingerprint density at radius 3 is 3.33 bits per heavy atom. The van der Waals surface area contributed by atoms with E-state index in [4.69, 9.17) is 13.6 Å². The van der Waals surface area contributed by atoms with Gasteiger partial charge in [0.2, 0.25) is 6.41 Å². The highest BCUT2D eigenvalue weighted by atomic mass is 16.6. The summed E-state index contributed by atoms with van der Waals surface area (Å²) in [5.74, 6) is 0.0818. The van der Waals surface area contributed by atoms with Gasteiger partial charge in [-0.05, 0) is 6.92 Å². The van der Waals surface area contributed by atoms with E-state index in [9.17, 15) is 4.79 Å². The molecular formula is C9H13N3O3. The lowest BCUT2D eigenvalue weighted by Gasteiger charge is -2.33. The van der Waals surface area contributed by atoms with E-state index in [-0.39, 0.29) is 23.8 Å². The number of carbonyl (C=O) groups is 1. The fraction of sp³-hybridized carbons (Fsp3) is 0.556. The molecule has 1 amide bonds. The minimum absolute atomic E-state index is 0.0769. The number of rotatable bonds is 4. The topological polar surface area (TPSA) is 65.4 Å². The van der Waals surface area contributed by atoms with Crippen LogP contribution in [0.4, 0.5) is 5.69 Å². The first kappa shape index (κ1) is 6.84. The second kappa shape index (κ2) is 3.90. The minimum atomic E-state index is -2.41. The minimum Gasteiger partial charge on any atom is -0.467 e. The van der Waals surface area contributed by atoms with Crippen LogP contribution >= 0.6 is 0 Å². The van der Waals surface area contributed by atoms with E-state index >= 15 is 0 Å². The summed E-state index contributed by atoms with van der Waals surface area (Å²) in [6, 6.07) is 0. The largest absolute Gasteiger partial charge is 0.467 e. The molecule has 1 aliphatic heterocycles. The van der Waals surface area contributed by atoms with Crippen molar-refractivity contribution >= 4 is 12.1 Å². The van der Waals surface area contributed by atoms with Gasteiger partial charge in [-0.1, -0.05) is 0 Å². The van der Waals surface area contributed by atoms with E-state index in [1.165, 1.54) is 6.20 Å². The first-order valence-electron chi connectivity index (χ1n) is 6.00. The summed E-state index contributed by atoms with van der Waals surface area (Å²) >= 11 is 0. The van der Waals surface area contributed by atoms with Crippen LogP contribution in [0.15, 0.2) is 6.20 Å². The molecule has 0 aliphatic carbocycles. The lowest BCUT2D eigenvalue weighted by molar-refractivity contribution is -0.140. The molecule has 1 aliphatic rings. The Balaban J connectivity index is 2.20. The number of hydrogen-bond acceptors (Lipinski definition) is 4. The van der Waals surface area contributed by atoms with Gasteiger partial charge >= 0.3 is 0 Å². The van der Waals surface area contributed by atoms with Gasteiger partial charge in [0, 0.05) is 11.1 Å². The van der Waals surface area contributed by atoms with Crippen LogP contribution < -0.4 is 10.1 Å². The molecule has 1 aromatic rings. The summed E-state index contributed by atoms with van der Waals surface area (Å²) in [4.78, 5) is 10.5. The highest BCUT2D eigenvalue weighted by molar-refractivity contribution is 5.73. The molecule has 2 rings (SSSR count). The smallest absolute Gasteiger partial charge is 0.257 e. The van der Waals surface area contributed by atoms with Crippen molar-refractivity contribution in [2.45, 2.75) is 19.1 Å². The molecule has 15 heavy (non-hydrogen) atoms. The Morgan fingerprint density at radius 1 is 1.93 bits per heavy atom. The summed E-state index contributed by atoms with van der Waals surface area (Å²) in [7, 11) is 0. The zero-order valence-electron chi connectivity index (χ0n) is 11.1. The van der Waals surface area contributed by atoms with Gasteiger partial charge in [-0.25, -0.2) is 0 Å². The maximum atomic E-state index is 10.5. The van der Waals surface area contributed by atoms with E-state index in [1.54, 1.807) is 0 Å². The molecule has 1 N–H and O–H groups in total. The van der Waals surface area contributed by atoms with Gasteiger partial charge in [0.1, 0.15) is 11.8 Å². The van der Waals surface area contributed by atoms with E-state index in [2.05, 4.69) is 10.4 Å². The second-order valence-electron chi connectivity index (χ2n) is 3.25. The van der Waals surface area contributed by atoms with Crippen molar-refractivity contribution in [1.29, 1.82) is 0 Å². The van der Waals surface area contributed by atoms with Crippen molar-refractivity contribution in [3.05, 3.63) is 6.20 Å². The Morgan fingerprint density at radius 2 is 2.80 bits per heavy atom. The van der Waals surface area contributed by atoms with Gasteiger partial charge in [-0.3, -0.25) is 9.48 Å². The third kappa shape index (κ3) is 1.94. The van der Waals surface area contributed by atoms with Crippen LogP contribution in [0, 0.1) is 0 Å². The van der Waals surface area contributed by atoms with Gasteiger partial charge in [0.25, 0.3) is 5.88 Å². The van der Waals surface area contributed by atoms with Crippen LogP contribution in [0.2, 0.25) is 0 Å². The molecule has 1 saturated heterocycles. The third-order valence-electron chi connectivity index (χ3n) is 2.20. The Bertz CT molecular complexity index is 446. The molecule has 2 atom stereocenters. The van der Waals surface area contributed by atoms with Crippen LogP contribution in [0.3, 0.4) is 0 Å². The van der Waals surface area contributed by atoms with Gasteiger partial charge in [-0.15, -0.1) is 5.10 Å². The molecule has 2 heterocycles. The fourth-order valence-corrected chi connectivity index (χ4v) is 1.25. The van der Waals surface area contributed by atoms with Crippen molar-refractivity contribution in [1.82, 2.24) is 9.78 Å². The number of ether oxygens (including phenoxy) is 2. The molecule has 0 unspecified atom stereocenters. The number of carbonyl (C=O) groups excluding carboxylic acids is 1. The number of nitrogens with one attached hydrogen (secondary N) is 1. The van der Waals surface area contributed by atoms with Crippen molar-refractivity contribution in [2.75, 3.05) is 11.9 Å². The van der Waals surface area contributed by atoms with E-state index in [1.807, 2.05) is 6.92 Å². The molecule has 0 saturated carbocycles. The van der Waals surface area contributed by atoms with Gasteiger partial charge in [-0.2, -0.15) is 0 Å². The molecule has 1 aromatic heterocycles. The third-order valence-corrected chi connectivity index (χ3v) is 2.20. The molecule has 0 aromatic carbocycles. The Hall–Kier alpha value is -1.56. The SMILES string of the molecule is [2H]C([2H])([2H])n1cc(NC=O)c(O[C@H]2CO[C@H]2C)n1. The summed E-state index contributed by atoms with van der Waals surface area (Å²) in [5, 5.41) is 6.17. The normalized spacial score (nSPS) is 28.2. The van der Waals surface area contributed by atoms with E-state index in [0.717, 1.165) is 4.68 Å². The molecule has 0 spiro atoms. The Labute approximate surface area is 91.4 Å². The summed E-state index contributed by atoms with van der Waals surface area (Å²) in [5.41, 5.74) is 0.222. The lowest BCUT2D eigenvalue weighted by atomic mass is 10.2. The number of aryl methyl sites for hydroxylation is 1. The standard InChI is InChI=1S/C9H13N3O3/c1-6-8(4-14-6)15-9-7(10-5-13)3-12(2)11-9/h3,5-6,8H,4H2,1-2H3,(H,10,13)/t6-,8-/m0/s1/i2D3. The summed E-state index contributed by atoms with van der Waals surface area (Å²) in [6.07, 6.45) is 1.39. The zero-order valence-corrected chi connectivity index (χ0v) is 8.14. The number of amides is 1. The number of hydrogen-bond donors (Lipinski definition) is 1. The van der Waals surface area contributed by atoms with Crippen molar-refractivity contribution in [2.24, 2.45) is 6.98 Å². The van der Waals surface area contributed by atoms with Crippen LogP contribution in [-0.4, -0.2) is 35.0 Å². The fourth-order valence-electron chi connectivity index (χ4n) is 1.25. The molecule has 0 radical (unpaired) electrons. The Kier molecular flexibility index (Phi) is 1.78. The van der Waals surface area contributed by atoms with Gasteiger partial charge < -0.3 is 14.8 Å². The van der Waals surface area contributed by atoms with Crippen LogP contribution in [0.5, 0.6) is 5.88 Å². The zero-order chi connectivity index (χ0) is 13.3. The molecule has 6 nitrogen and oxygen atoms in total. The van der Waals surface area contributed by atoms with E-state index < -0.39 is 6.98 Å². The second-order valence-corrected chi connectivity index (χ2v) is 3.25. The highest BCUT2D eigenvalue weighted by Gasteiger charge is 2.31. The molecular weight excluding hydrogens is 198 g/mol. The maximum absolute atomic E-state index is 10.5. The van der Waals surface area contributed by atoms with Crippen LogP contribution in [-0.2, 0) is 16.5 Å². The summed E-state index contributed by atoms with van der Waals surface area (Å²) < 4.78 is 33.1.